The zero-order valence-corrected chi connectivity index (χ0v) is 18.1. The Bertz CT molecular complexity index is 812. The van der Waals surface area contributed by atoms with Crippen molar-refractivity contribution in [3.8, 4) is 0 Å². The molecule has 1 saturated heterocycles. The van der Waals surface area contributed by atoms with Crippen LogP contribution in [0.3, 0.4) is 0 Å². The fourth-order valence-electron chi connectivity index (χ4n) is 4.84. The van der Waals surface area contributed by atoms with Crippen LogP contribution in [0.1, 0.15) is 49.8 Å². The maximum atomic E-state index is 13.5. The van der Waals surface area contributed by atoms with E-state index >= 15 is 0 Å². The Morgan fingerprint density at radius 2 is 1.29 bits per heavy atom. The molecule has 1 heterocycles. The zero-order valence-electron chi connectivity index (χ0n) is 18.1. The van der Waals surface area contributed by atoms with Gasteiger partial charge < -0.3 is 5.32 Å². The van der Waals surface area contributed by atoms with Gasteiger partial charge in [0.15, 0.2) is 0 Å². The summed E-state index contributed by atoms with van der Waals surface area (Å²) in [5, 5.41) is 3.21. The number of halogens is 2. The predicted molar refractivity (Wildman–Crippen MR) is 118 cm³/mol. The lowest BCUT2D eigenvalue weighted by Gasteiger charge is -2.41. The first-order chi connectivity index (χ1) is 15.0. The standard InChI is InChI=1S/C25H31F2N3O/c1-18(25(31)28-23-4-2-3-5-23)29-14-16-30(17-15-29)24(19-6-10-21(26)11-7-19)20-8-12-22(27)13-9-20/h6-13,18,23-24H,2-5,14-17H2,1H3,(H,28,31). The number of nitrogens with zero attached hydrogens (tertiary/aromatic N) is 2. The minimum Gasteiger partial charge on any atom is -0.352 e. The number of carbonyl (C=O) groups excluding carboxylic acids is 1. The third-order valence-corrected chi connectivity index (χ3v) is 6.71. The SMILES string of the molecule is CC(C(=O)NC1CCCC1)N1CCN(C(c2ccc(F)cc2)c2ccc(F)cc2)CC1. The van der Waals surface area contributed by atoms with Gasteiger partial charge in [-0.1, -0.05) is 37.1 Å². The van der Waals surface area contributed by atoms with Crippen molar-refractivity contribution in [3.63, 3.8) is 0 Å². The maximum absolute atomic E-state index is 13.5. The number of amides is 1. The van der Waals surface area contributed by atoms with Crippen molar-refractivity contribution in [2.45, 2.75) is 50.7 Å². The van der Waals surface area contributed by atoms with E-state index in [2.05, 4.69) is 15.1 Å². The Morgan fingerprint density at radius 1 is 0.839 bits per heavy atom. The van der Waals surface area contributed by atoms with Crippen molar-refractivity contribution in [2.24, 2.45) is 0 Å². The quantitative estimate of drug-likeness (QED) is 0.753. The normalized spacial score (nSPS) is 19.6. The van der Waals surface area contributed by atoms with Gasteiger partial charge in [-0.05, 0) is 55.2 Å². The first-order valence-electron chi connectivity index (χ1n) is 11.3. The third-order valence-electron chi connectivity index (χ3n) is 6.71. The van der Waals surface area contributed by atoms with E-state index in [4.69, 9.17) is 0 Å². The molecule has 1 atom stereocenters. The molecule has 2 aromatic rings. The van der Waals surface area contributed by atoms with Crippen LogP contribution >= 0.6 is 0 Å². The second-order valence-electron chi connectivity index (χ2n) is 8.74. The number of benzene rings is 2. The van der Waals surface area contributed by atoms with Crippen LogP contribution in [0.15, 0.2) is 48.5 Å². The summed E-state index contributed by atoms with van der Waals surface area (Å²) in [4.78, 5) is 17.2. The van der Waals surface area contributed by atoms with Crippen LogP contribution in [-0.4, -0.2) is 54.0 Å². The summed E-state index contributed by atoms with van der Waals surface area (Å²) in [7, 11) is 0. The third kappa shape index (κ3) is 5.31. The second kappa shape index (κ2) is 9.88. The van der Waals surface area contributed by atoms with Crippen molar-refractivity contribution < 1.29 is 13.6 Å². The molecule has 0 spiro atoms. The van der Waals surface area contributed by atoms with Gasteiger partial charge in [-0.3, -0.25) is 14.6 Å². The molecule has 1 aliphatic heterocycles. The van der Waals surface area contributed by atoms with E-state index in [-0.39, 0.29) is 29.6 Å². The predicted octanol–water partition coefficient (Wildman–Crippen LogP) is 4.12. The highest BCUT2D eigenvalue weighted by atomic mass is 19.1. The molecule has 6 heteroatoms. The summed E-state index contributed by atoms with van der Waals surface area (Å²) in [5.41, 5.74) is 1.96. The van der Waals surface area contributed by atoms with Gasteiger partial charge in [0.1, 0.15) is 11.6 Å². The van der Waals surface area contributed by atoms with Crippen LogP contribution in [0.2, 0.25) is 0 Å². The number of rotatable bonds is 6. The molecular weight excluding hydrogens is 396 g/mol. The van der Waals surface area contributed by atoms with Gasteiger partial charge in [0, 0.05) is 32.2 Å². The van der Waals surface area contributed by atoms with Gasteiger partial charge in [-0.2, -0.15) is 0 Å². The minimum absolute atomic E-state index is 0.0778. The average molecular weight is 428 g/mol. The Kier molecular flexibility index (Phi) is 6.98. The fourth-order valence-corrected chi connectivity index (χ4v) is 4.84. The molecule has 4 nitrogen and oxygen atoms in total. The van der Waals surface area contributed by atoms with Gasteiger partial charge in [-0.15, -0.1) is 0 Å². The van der Waals surface area contributed by atoms with Crippen LogP contribution in [0, 0.1) is 11.6 Å². The number of carbonyl (C=O) groups is 1. The van der Waals surface area contributed by atoms with Crippen molar-refractivity contribution in [3.05, 3.63) is 71.3 Å². The molecule has 4 rings (SSSR count). The first kappa shape index (κ1) is 21.9. The molecule has 31 heavy (non-hydrogen) atoms. The lowest BCUT2D eigenvalue weighted by molar-refractivity contribution is -0.127. The van der Waals surface area contributed by atoms with Crippen LogP contribution in [0.25, 0.3) is 0 Å². The van der Waals surface area contributed by atoms with E-state index in [1.807, 2.05) is 6.92 Å². The molecule has 2 aromatic carbocycles. The van der Waals surface area contributed by atoms with Crippen molar-refractivity contribution in [1.29, 1.82) is 0 Å². The van der Waals surface area contributed by atoms with Gasteiger partial charge >= 0.3 is 0 Å². The topological polar surface area (TPSA) is 35.6 Å². The summed E-state index contributed by atoms with van der Waals surface area (Å²) in [6.07, 6.45) is 4.57. The summed E-state index contributed by atoms with van der Waals surface area (Å²) >= 11 is 0. The van der Waals surface area contributed by atoms with E-state index in [0.29, 0.717) is 6.04 Å². The van der Waals surface area contributed by atoms with E-state index in [9.17, 15) is 13.6 Å². The second-order valence-corrected chi connectivity index (χ2v) is 8.74. The van der Waals surface area contributed by atoms with Crippen LogP contribution in [0.4, 0.5) is 8.78 Å². The van der Waals surface area contributed by atoms with Crippen LogP contribution < -0.4 is 5.32 Å². The van der Waals surface area contributed by atoms with Gasteiger partial charge in [0.2, 0.25) is 5.91 Å². The zero-order chi connectivity index (χ0) is 21.8. The molecule has 2 aliphatic rings. The van der Waals surface area contributed by atoms with Gasteiger partial charge in [0.05, 0.1) is 12.1 Å². The smallest absolute Gasteiger partial charge is 0.237 e. The number of hydrogen-bond acceptors (Lipinski definition) is 3. The molecular formula is C25H31F2N3O. The molecule has 0 aromatic heterocycles. The highest BCUT2D eigenvalue weighted by Gasteiger charge is 2.31. The number of hydrogen-bond donors (Lipinski definition) is 1. The number of nitrogens with one attached hydrogen (secondary N) is 1. The molecule has 1 N–H and O–H groups in total. The van der Waals surface area contributed by atoms with Gasteiger partial charge in [-0.25, -0.2) is 8.78 Å². The van der Waals surface area contributed by atoms with E-state index in [1.54, 1.807) is 24.3 Å². The molecule has 166 valence electrons. The van der Waals surface area contributed by atoms with E-state index in [0.717, 1.165) is 50.1 Å². The molecule has 1 saturated carbocycles. The number of piperazine rings is 1. The largest absolute Gasteiger partial charge is 0.352 e. The highest BCUT2D eigenvalue weighted by Crippen LogP contribution is 2.30. The molecule has 1 amide bonds. The Balaban J connectivity index is 1.44. The van der Waals surface area contributed by atoms with Crippen LogP contribution in [0.5, 0.6) is 0 Å². The lowest BCUT2D eigenvalue weighted by Crippen LogP contribution is -2.55. The summed E-state index contributed by atoms with van der Waals surface area (Å²) in [5.74, 6) is -0.420. The molecule has 0 bridgehead atoms. The van der Waals surface area contributed by atoms with E-state index < -0.39 is 0 Å². The van der Waals surface area contributed by atoms with Crippen molar-refractivity contribution in [1.82, 2.24) is 15.1 Å². The van der Waals surface area contributed by atoms with E-state index in [1.165, 1.54) is 37.1 Å². The molecule has 1 unspecified atom stereocenters. The summed E-state index contributed by atoms with van der Waals surface area (Å²) in [6.45, 7) is 5.09. The molecule has 1 aliphatic carbocycles. The van der Waals surface area contributed by atoms with Crippen molar-refractivity contribution in [2.75, 3.05) is 26.2 Å². The Morgan fingerprint density at radius 3 is 1.77 bits per heavy atom. The fraction of sp³-hybridized carbons (Fsp3) is 0.480. The minimum atomic E-state index is -0.270. The monoisotopic (exact) mass is 427 g/mol. The summed E-state index contributed by atoms with van der Waals surface area (Å²) < 4.78 is 27.0. The Labute approximate surface area is 183 Å². The van der Waals surface area contributed by atoms with Crippen molar-refractivity contribution >= 4 is 5.91 Å². The lowest BCUT2D eigenvalue weighted by atomic mass is 9.96. The van der Waals surface area contributed by atoms with Crippen LogP contribution in [-0.2, 0) is 4.79 Å². The summed E-state index contributed by atoms with van der Waals surface area (Å²) in [6, 6.07) is 13.2. The molecule has 2 fully saturated rings. The first-order valence-corrected chi connectivity index (χ1v) is 11.3. The Hall–Kier alpha value is -2.31. The average Bonchev–Trinajstić information content (AvgIpc) is 3.29. The maximum Gasteiger partial charge on any atom is 0.237 e. The van der Waals surface area contributed by atoms with Gasteiger partial charge in [0.25, 0.3) is 0 Å². The molecule has 0 radical (unpaired) electrons. The highest BCUT2D eigenvalue weighted by molar-refractivity contribution is 5.81.